The summed E-state index contributed by atoms with van der Waals surface area (Å²) in [6.07, 6.45) is 8.41. The number of aromatic nitrogens is 2. The molecule has 3 heterocycles. The van der Waals surface area contributed by atoms with E-state index < -0.39 is 11.7 Å². The van der Waals surface area contributed by atoms with Gasteiger partial charge in [0.1, 0.15) is 5.82 Å². The average molecular weight is 504 g/mol. The van der Waals surface area contributed by atoms with Crippen molar-refractivity contribution in [1.29, 1.82) is 0 Å². The van der Waals surface area contributed by atoms with Crippen molar-refractivity contribution < 1.29 is 14.0 Å². The number of carbonyl (C=O) groups excluding carboxylic acids is 2. The first-order valence-corrected chi connectivity index (χ1v) is 12.5. The largest absolute Gasteiger partial charge is 0.365 e. The van der Waals surface area contributed by atoms with Gasteiger partial charge in [0, 0.05) is 42.5 Å². The van der Waals surface area contributed by atoms with E-state index in [9.17, 15) is 14.0 Å². The summed E-state index contributed by atoms with van der Waals surface area (Å²) >= 11 is 0. The van der Waals surface area contributed by atoms with Crippen LogP contribution in [0.4, 0.5) is 27.4 Å². The van der Waals surface area contributed by atoms with Gasteiger partial charge in [0.2, 0.25) is 5.91 Å². The van der Waals surface area contributed by atoms with E-state index in [1.54, 1.807) is 17.3 Å². The predicted molar refractivity (Wildman–Crippen MR) is 141 cm³/mol. The number of hydrogen-bond acceptors (Lipinski definition) is 7. The van der Waals surface area contributed by atoms with Crippen molar-refractivity contribution in [2.45, 2.75) is 50.6 Å². The molecule has 1 aliphatic heterocycles. The molecule has 0 spiro atoms. The highest BCUT2D eigenvalue weighted by molar-refractivity contribution is 5.99. The molecule has 37 heavy (non-hydrogen) atoms. The predicted octanol–water partition coefficient (Wildman–Crippen LogP) is 3.93. The third-order valence-corrected chi connectivity index (χ3v) is 6.95. The van der Waals surface area contributed by atoms with Crippen molar-refractivity contribution in [3.63, 3.8) is 0 Å². The summed E-state index contributed by atoms with van der Waals surface area (Å²) in [5, 5.41) is 6.19. The third-order valence-electron chi connectivity index (χ3n) is 6.95. The van der Waals surface area contributed by atoms with Crippen LogP contribution in [0.25, 0.3) is 11.1 Å². The molecule has 9 nitrogen and oxygen atoms in total. The zero-order valence-electron chi connectivity index (χ0n) is 20.4. The van der Waals surface area contributed by atoms with Crippen LogP contribution in [0.1, 0.15) is 48.9 Å². The second kappa shape index (κ2) is 10.5. The van der Waals surface area contributed by atoms with E-state index in [0.717, 1.165) is 55.0 Å². The van der Waals surface area contributed by atoms with Crippen molar-refractivity contribution in [2.75, 3.05) is 22.1 Å². The molecule has 0 bridgehead atoms. The Balaban J connectivity index is 1.42. The smallest absolute Gasteiger partial charge is 0.252 e. The fraction of sp³-hybridized carbons (Fsp3) is 0.333. The van der Waals surface area contributed by atoms with E-state index in [1.807, 2.05) is 30.3 Å². The third kappa shape index (κ3) is 5.39. The van der Waals surface area contributed by atoms with E-state index in [4.69, 9.17) is 11.5 Å². The molecule has 1 saturated heterocycles. The van der Waals surface area contributed by atoms with Gasteiger partial charge in [-0.25, -0.2) is 9.37 Å². The molecule has 1 aromatic carbocycles. The number of nitrogens with two attached hydrogens (primary N) is 2. The molecule has 2 atom stereocenters. The number of anilines is 4. The van der Waals surface area contributed by atoms with Crippen LogP contribution >= 0.6 is 0 Å². The summed E-state index contributed by atoms with van der Waals surface area (Å²) in [4.78, 5) is 34.7. The quantitative estimate of drug-likeness (QED) is 0.383. The molecule has 2 fully saturated rings. The molecule has 2 aromatic heterocycles. The second-order valence-corrected chi connectivity index (χ2v) is 9.56. The highest BCUT2D eigenvalue weighted by Crippen LogP contribution is 2.30. The second-order valence-electron chi connectivity index (χ2n) is 9.56. The zero-order chi connectivity index (χ0) is 25.9. The molecule has 1 saturated carbocycles. The Kier molecular flexibility index (Phi) is 7.00. The van der Waals surface area contributed by atoms with E-state index in [2.05, 4.69) is 20.6 Å². The Bertz CT molecular complexity index is 1330. The summed E-state index contributed by atoms with van der Waals surface area (Å²) in [5.74, 6) is -1.22. The average Bonchev–Trinajstić information content (AvgIpc) is 3.33. The number of nitrogens with zero attached hydrogens (tertiary/aromatic N) is 3. The van der Waals surface area contributed by atoms with Gasteiger partial charge in [0.15, 0.2) is 11.6 Å². The Morgan fingerprint density at radius 3 is 2.65 bits per heavy atom. The molecule has 2 aliphatic rings. The molecule has 192 valence electrons. The van der Waals surface area contributed by atoms with Gasteiger partial charge in [-0.05, 0) is 49.1 Å². The van der Waals surface area contributed by atoms with Gasteiger partial charge in [-0.3, -0.25) is 14.6 Å². The molecule has 0 unspecified atom stereocenters. The molecule has 5 rings (SSSR count). The molecule has 0 radical (unpaired) electrons. The molecule has 10 heteroatoms. The van der Waals surface area contributed by atoms with Crippen molar-refractivity contribution >= 4 is 34.8 Å². The Morgan fingerprint density at radius 1 is 1.05 bits per heavy atom. The molecule has 6 N–H and O–H groups in total. The summed E-state index contributed by atoms with van der Waals surface area (Å²) in [7, 11) is 0. The number of rotatable bonds is 7. The maximum absolute atomic E-state index is 14.8. The van der Waals surface area contributed by atoms with Gasteiger partial charge in [-0.15, -0.1) is 0 Å². The van der Waals surface area contributed by atoms with Crippen molar-refractivity contribution in [3.05, 3.63) is 60.2 Å². The van der Waals surface area contributed by atoms with Gasteiger partial charge in [-0.1, -0.05) is 25.0 Å². The van der Waals surface area contributed by atoms with Crippen LogP contribution in [0.5, 0.6) is 0 Å². The van der Waals surface area contributed by atoms with Crippen LogP contribution in [0.3, 0.4) is 0 Å². The first-order chi connectivity index (χ1) is 17.9. The normalized spacial score (nSPS) is 19.6. The minimum Gasteiger partial charge on any atom is -0.365 e. The van der Waals surface area contributed by atoms with Gasteiger partial charge in [-0.2, -0.15) is 0 Å². The number of nitrogens with one attached hydrogen (secondary N) is 2. The highest BCUT2D eigenvalue weighted by atomic mass is 19.1. The molecule has 3 aromatic rings. The van der Waals surface area contributed by atoms with Crippen LogP contribution < -0.4 is 27.0 Å². The van der Waals surface area contributed by atoms with E-state index in [0.29, 0.717) is 18.7 Å². The van der Waals surface area contributed by atoms with Crippen LogP contribution in [0.2, 0.25) is 0 Å². The van der Waals surface area contributed by atoms with E-state index in [1.165, 1.54) is 0 Å². The maximum Gasteiger partial charge on any atom is 0.252 e. The SMILES string of the molecule is NC(=O)c1cc(F)c(N[C@@H]2CCCC[C@@H]2N)nc1Nc1cncc(-c2cccc(N3CCCC3=O)c2)c1. The van der Waals surface area contributed by atoms with Crippen molar-refractivity contribution in [2.24, 2.45) is 11.5 Å². The number of carbonyl (C=O) groups is 2. The first-order valence-electron chi connectivity index (χ1n) is 12.5. The number of halogens is 1. The monoisotopic (exact) mass is 503 g/mol. The summed E-state index contributed by atoms with van der Waals surface area (Å²) in [6, 6.07) is 10.4. The Labute approximate surface area is 214 Å². The minimum absolute atomic E-state index is 0.0157. The number of primary amides is 1. The number of hydrogen-bond donors (Lipinski definition) is 4. The van der Waals surface area contributed by atoms with Crippen LogP contribution in [-0.2, 0) is 4.79 Å². The van der Waals surface area contributed by atoms with E-state index in [-0.39, 0.29) is 35.2 Å². The van der Waals surface area contributed by atoms with Gasteiger partial charge in [0.05, 0.1) is 17.4 Å². The highest BCUT2D eigenvalue weighted by Gasteiger charge is 2.25. The lowest BCUT2D eigenvalue weighted by molar-refractivity contribution is -0.117. The molecular weight excluding hydrogens is 473 g/mol. The fourth-order valence-corrected chi connectivity index (χ4v) is 4.96. The van der Waals surface area contributed by atoms with E-state index >= 15 is 0 Å². The van der Waals surface area contributed by atoms with Gasteiger partial charge < -0.3 is 27.0 Å². The van der Waals surface area contributed by atoms with Crippen molar-refractivity contribution in [3.8, 4) is 11.1 Å². The number of amides is 2. The summed E-state index contributed by atoms with van der Waals surface area (Å²) in [6.45, 7) is 0.705. The standard InChI is InChI=1S/C27H30FN7O2/c28-21-13-20(25(30)37)26(34-27(21)33-23-8-2-1-7-22(23)29)32-18-11-17(14-31-15-18)16-5-3-6-19(12-16)35-10-4-9-24(35)36/h3,5-6,11-15,22-23H,1-2,4,7-10,29H2,(H2,30,37)(H2,32,33,34)/t22-,23+/m0/s1. The lowest BCUT2D eigenvalue weighted by Gasteiger charge is -2.30. The zero-order valence-corrected chi connectivity index (χ0v) is 20.4. The molecular formula is C27H30FN7O2. The van der Waals surface area contributed by atoms with Gasteiger partial charge >= 0.3 is 0 Å². The lowest BCUT2D eigenvalue weighted by atomic mass is 9.91. The Morgan fingerprint density at radius 2 is 1.89 bits per heavy atom. The number of pyridine rings is 2. The number of benzene rings is 1. The fourth-order valence-electron chi connectivity index (χ4n) is 4.96. The summed E-state index contributed by atoms with van der Waals surface area (Å²) in [5.41, 5.74) is 14.7. The van der Waals surface area contributed by atoms with Gasteiger partial charge in [0.25, 0.3) is 5.91 Å². The lowest BCUT2D eigenvalue weighted by Crippen LogP contribution is -2.43. The maximum atomic E-state index is 14.8. The van der Waals surface area contributed by atoms with Crippen LogP contribution in [0, 0.1) is 5.82 Å². The van der Waals surface area contributed by atoms with Crippen LogP contribution in [0.15, 0.2) is 48.8 Å². The first kappa shape index (κ1) is 24.6. The summed E-state index contributed by atoms with van der Waals surface area (Å²) < 4.78 is 14.8. The van der Waals surface area contributed by atoms with Crippen LogP contribution in [-0.4, -0.2) is 40.4 Å². The van der Waals surface area contributed by atoms with Crippen molar-refractivity contribution in [1.82, 2.24) is 9.97 Å². The Hall–Kier alpha value is -4.05. The molecule has 2 amide bonds. The minimum atomic E-state index is -0.804. The molecule has 1 aliphatic carbocycles. The topological polar surface area (TPSA) is 139 Å².